The highest BCUT2D eigenvalue weighted by atomic mass is 16.1. The number of hydrogen-bond donors (Lipinski definition) is 1. The quantitative estimate of drug-likeness (QED) is 0.868. The number of carbonyl (C=O) groups is 1. The lowest BCUT2D eigenvalue weighted by atomic mass is 10.0. The van der Waals surface area contributed by atoms with E-state index in [9.17, 15) is 4.79 Å². The lowest BCUT2D eigenvalue weighted by Gasteiger charge is -2.14. The molecule has 1 heterocycles. The average Bonchev–Trinajstić information content (AvgIpc) is 2.84. The molecular formula is C16H17N3O. The van der Waals surface area contributed by atoms with Crippen LogP contribution in [0.15, 0.2) is 30.6 Å². The lowest BCUT2D eigenvalue weighted by molar-refractivity contribution is 0.101. The third-order valence-electron chi connectivity index (χ3n) is 3.87. The third-order valence-corrected chi connectivity index (χ3v) is 3.87. The molecule has 3 rings (SSSR count). The minimum atomic E-state index is -0.0154. The van der Waals surface area contributed by atoms with Crippen molar-refractivity contribution in [2.75, 3.05) is 5.32 Å². The summed E-state index contributed by atoms with van der Waals surface area (Å²) < 4.78 is 0. The summed E-state index contributed by atoms with van der Waals surface area (Å²) in [6.07, 6.45) is 5.29. The van der Waals surface area contributed by atoms with Crippen LogP contribution >= 0.6 is 0 Å². The van der Waals surface area contributed by atoms with Crippen molar-refractivity contribution < 1.29 is 4.79 Å². The SMILES string of the molecule is CC(=O)c1cnc(N[C@@H]2CCc3c(C)cccc32)nc1. The fraction of sp³-hybridized carbons (Fsp3) is 0.312. The number of rotatable bonds is 3. The highest BCUT2D eigenvalue weighted by Crippen LogP contribution is 2.34. The van der Waals surface area contributed by atoms with Crippen LogP contribution in [0.4, 0.5) is 5.95 Å². The van der Waals surface area contributed by atoms with Gasteiger partial charge in [-0.15, -0.1) is 0 Å². The number of nitrogens with one attached hydrogen (secondary N) is 1. The summed E-state index contributed by atoms with van der Waals surface area (Å²) in [7, 11) is 0. The molecule has 1 aliphatic rings. The van der Waals surface area contributed by atoms with Crippen molar-refractivity contribution in [1.29, 1.82) is 0 Å². The Kier molecular flexibility index (Phi) is 3.22. The Morgan fingerprint density at radius 2 is 2.05 bits per heavy atom. The maximum absolute atomic E-state index is 11.2. The number of benzene rings is 1. The normalized spacial score (nSPS) is 16.8. The minimum Gasteiger partial charge on any atom is -0.347 e. The van der Waals surface area contributed by atoms with Crippen molar-refractivity contribution in [3.05, 3.63) is 52.8 Å². The molecule has 0 bridgehead atoms. The van der Waals surface area contributed by atoms with Gasteiger partial charge in [0.1, 0.15) is 0 Å². The summed E-state index contributed by atoms with van der Waals surface area (Å²) in [5.41, 5.74) is 4.66. The Morgan fingerprint density at radius 3 is 2.75 bits per heavy atom. The standard InChI is InChI=1S/C16H17N3O/c1-10-4-3-5-14-13(10)6-7-15(14)19-16-17-8-12(9-18-16)11(2)20/h3-5,8-9,15H,6-7H2,1-2H3,(H,17,18,19)/t15-/m1/s1. The molecule has 0 radical (unpaired) electrons. The number of hydrogen-bond acceptors (Lipinski definition) is 4. The van der Waals surface area contributed by atoms with Crippen LogP contribution in [0.25, 0.3) is 0 Å². The highest BCUT2D eigenvalue weighted by molar-refractivity contribution is 5.93. The maximum Gasteiger partial charge on any atom is 0.223 e. The molecule has 20 heavy (non-hydrogen) atoms. The number of fused-ring (bicyclic) bond motifs is 1. The second kappa shape index (κ2) is 5.04. The first kappa shape index (κ1) is 12.8. The monoisotopic (exact) mass is 267 g/mol. The smallest absolute Gasteiger partial charge is 0.223 e. The molecule has 102 valence electrons. The van der Waals surface area contributed by atoms with Gasteiger partial charge in [0.2, 0.25) is 5.95 Å². The van der Waals surface area contributed by atoms with Crippen LogP contribution in [0.1, 0.15) is 46.4 Å². The Morgan fingerprint density at radius 1 is 1.30 bits per heavy atom. The molecule has 0 saturated carbocycles. The van der Waals surface area contributed by atoms with Gasteiger partial charge < -0.3 is 5.32 Å². The predicted molar refractivity (Wildman–Crippen MR) is 77.9 cm³/mol. The summed E-state index contributed by atoms with van der Waals surface area (Å²) in [5.74, 6) is 0.563. The molecule has 1 aliphatic carbocycles. The van der Waals surface area contributed by atoms with Gasteiger partial charge in [-0.05, 0) is 43.4 Å². The van der Waals surface area contributed by atoms with Crippen LogP contribution in [0.5, 0.6) is 0 Å². The van der Waals surface area contributed by atoms with Crippen LogP contribution in [0.2, 0.25) is 0 Å². The first-order valence-corrected chi connectivity index (χ1v) is 6.83. The number of ketones is 1. The number of anilines is 1. The van der Waals surface area contributed by atoms with E-state index in [1.165, 1.54) is 23.6 Å². The Hall–Kier alpha value is -2.23. The second-order valence-electron chi connectivity index (χ2n) is 5.23. The largest absolute Gasteiger partial charge is 0.347 e. The van der Waals surface area contributed by atoms with Crippen molar-refractivity contribution in [3.63, 3.8) is 0 Å². The predicted octanol–water partition coefficient (Wildman–Crippen LogP) is 3.09. The van der Waals surface area contributed by atoms with Crippen molar-refractivity contribution in [2.24, 2.45) is 0 Å². The van der Waals surface area contributed by atoms with Crippen molar-refractivity contribution in [3.8, 4) is 0 Å². The van der Waals surface area contributed by atoms with Gasteiger partial charge in [0.05, 0.1) is 11.6 Å². The molecule has 1 atom stereocenters. The molecule has 4 heteroatoms. The van der Waals surface area contributed by atoms with E-state index >= 15 is 0 Å². The fourth-order valence-electron chi connectivity index (χ4n) is 2.73. The van der Waals surface area contributed by atoms with Gasteiger partial charge in [0, 0.05) is 12.4 Å². The van der Waals surface area contributed by atoms with E-state index in [0.29, 0.717) is 11.5 Å². The minimum absolute atomic E-state index is 0.0154. The van der Waals surface area contributed by atoms with Crippen LogP contribution in [-0.2, 0) is 6.42 Å². The zero-order valence-corrected chi connectivity index (χ0v) is 11.7. The van der Waals surface area contributed by atoms with Crippen molar-refractivity contribution in [1.82, 2.24) is 9.97 Å². The van der Waals surface area contributed by atoms with Crippen LogP contribution in [0.3, 0.4) is 0 Å². The molecular weight excluding hydrogens is 250 g/mol. The van der Waals surface area contributed by atoms with E-state index in [2.05, 4.69) is 40.4 Å². The zero-order chi connectivity index (χ0) is 14.1. The summed E-state index contributed by atoms with van der Waals surface area (Å²) in [6.45, 7) is 3.67. The molecule has 0 aliphatic heterocycles. The van der Waals surface area contributed by atoms with Gasteiger partial charge in [-0.25, -0.2) is 9.97 Å². The number of carbonyl (C=O) groups excluding carboxylic acids is 1. The number of Topliss-reactive ketones (excluding diaryl/α,β-unsaturated/α-hetero) is 1. The number of aromatic nitrogens is 2. The first-order valence-electron chi connectivity index (χ1n) is 6.83. The summed E-state index contributed by atoms with van der Waals surface area (Å²) in [6, 6.07) is 6.66. The summed E-state index contributed by atoms with van der Waals surface area (Å²) in [4.78, 5) is 19.6. The van der Waals surface area contributed by atoms with E-state index in [4.69, 9.17) is 0 Å². The first-order chi connectivity index (χ1) is 9.65. The number of aryl methyl sites for hydroxylation is 1. The molecule has 0 fully saturated rings. The number of nitrogens with zero attached hydrogens (tertiary/aromatic N) is 2. The Balaban J connectivity index is 1.80. The van der Waals surface area contributed by atoms with E-state index in [1.807, 2.05) is 0 Å². The average molecular weight is 267 g/mol. The topological polar surface area (TPSA) is 54.9 Å². The van der Waals surface area contributed by atoms with Crippen molar-refractivity contribution in [2.45, 2.75) is 32.7 Å². The summed E-state index contributed by atoms with van der Waals surface area (Å²) >= 11 is 0. The molecule has 0 saturated heterocycles. The van der Waals surface area contributed by atoms with Gasteiger partial charge in [-0.3, -0.25) is 4.79 Å². The third kappa shape index (κ3) is 2.29. The summed E-state index contributed by atoms with van der Waals surface area (Å²) in [5, 5.41) is 3.36. The zero-order valence-electron chi connectivity index (χ0n) is 11.7. The second-order valence-corrected chi connectivity index (χ2v) is 5.23. The fourth-order valence-corrected chi connectivity index (χ4v) is 2.73. The van der Waals surface area contributed by atoms with Crippen LogP contribution < -0.4 is 5.32 Å². The van der Waals surface area contributed by atoms with Crippen LogP contribution in [-0.4, -0.2) is 15.8 Å². The molecule has 1 aromatic heterocycles. The van der Waals surface area contributed by atoms with E-state index < -0.39 is 0 Å². The Labute approximate surface area is 118 Å². The van der Waals surface area contributed by atoms with Crippen molar-refractivity contribution >= 4 is 11.7 Å². The van der Waals surface area contributed by atoms with Crippen LogP contribution in [0, 0.1) is 6.92 Å². The molecule has 0 unspecified atom stereocenters. The van der Waals surface area contributed by atoms with E-state index in [1.54, 1.807) is 12.4 Å². The molecule has 2 aromatic rings. The maximum atomic E-state index is 11.2. The highest BCUT2D eigenvalue weighted by Gasteiger charge is 2.23. The van der Waals surface area contributed by atoms with E-state index in [0.717, 1.165) is 12.8 Å². The molecule has 0 spiro atoms. The molecule has 4 nitrogen and oxygen atoms in total. The van der Waals surface area contributed by atoms with Gasteiger partial charge in [0.25, 0.3) is 0 Å². The van der Waals surface area contributed by atoms with Gasteiger partial charge in [0.15, 0.2) is 5.78 Å². The molecule has 0 amide bonds. The Bertz CT molecular complexity index is 649. The molecule has 1 aromatic carbocycles. The lowest BCUT2D eigenvalue weighted by Crippen LogP contribution is -2.10. The van der Waals surface area contributed by atoms with Gasteiger partial charge in [-0.1, -0.05) is 18.2 Å². The van der Waals surface area contributed by atoms with E-state index in [-0.39, 0.29) is 11.8 Å². The van der Waals surface area contributed by atoms with Gasteiger partial charge >= 0.3 is 0 Å². The van der Waals surface area contributed by atoms with Gasteiger partial charge in [-0.2, -0.15) is 0 Å². The molecule has 1 N–H and O–H groups in total.